The van der Waals surface area contributed by atoms with Crippen LogP contribution in [0.4, 0.5) is 0 Å². The number of aryl methyl sites for hydroxylation is 1. The van der Waals surface area contributed by atoms with Crippen LogP contribution in [0.2, 0.25) is 5.02 Å². The lowest BCUT2D eigenvalue weighted by molar-refractivity contribution is 0.0593. The number of esters is 1. The van der Waals surface area contributed by atoms with Gasteiger partial charge in [-0.05, 0) is 25.5 Å². The second-order valence-electron chi connectivity index (χ2n) is 7.84. The minimum Gasteiger partial charge on any atom is -0.464 e. The number of hydrogen-bond donors (Lipinski definition) is 0. The molecule has 0 aliphatic carbocycles. The molecular weight excluding hydrogens is 446 g/mol. The van der Waals surface area contributed by atoms with Gasteiger partial charge < -0.3 is 4.74 Å². The summed E-state index contributed by atoms with van der Waals surface area (Å²) < 4.78 is 31.9. The van der Waals surface area contributed by atoms with Crippen LogP contribution in [0.5, 0.6) is 0 Å². The van der Waals surface area contributed by atoms with Gasteiger partial charge in [0.2, 0.25) is 0 Å². The molecule has 0 atom stereocenters. The first-order valence-electron chi connectivity index (χ1n) is 11.1. The van der Waals surface area contributed by atoms with Gasteiger partial charge in [0.1, 0.15) is 0 Å². The number of carbonyl (C=O) groups is 1. The van der Waals surface area contributed by atoms with Crippen LogP contribution in [0.3, 0.4) is 0 Å². The van der Waals surface area contributed by atoms with Crippen molar-refractivity contribution >= 4 is 27.6 Å². The highest BCUT2D eigenvalue weighted by Gasteiger charge is 2.28. The number of ether oxygens (including phenoxy) is 1. The first kappa shape index (κ1) is 26.0. The molecule has 1 aromatic heterocycles. The number of unbranched alkanes of at least 4 members (excludes halogenated alkanes) is 8. The van der Waals surface area contributed by atoms with E-state index in [0.29, 0.717) is 12.0 Å². The van der Waals surface area contributed by atoms with E-state index in [2.05, 4.69) is 18.8 Å². The highest BCUT2D eigenvalue weighted by molar-refractivity contribution is 7.90. The summed E-state index contributed by atoms with van der Waals surface area (Å²) in [4.78, 5) is 12.4. The van der Waals surface area contributed by atoms with Crippen molar-refractivity contribution in [1.29, 1.82) is 0 Å². The Morgan fingerprint density at radius 2 is 1.62 bits per heavy atom. The standard InChI is InChI=1S/C25H32ClNO4S/c1-4-5-6-7-8-9-10-11-12-13-14-21-19-27(24(23(21)26)25(28)31-3)32(29,30)22-17-15-20(2)16-18-22/h15-19H,4-12H2,1-3H3. The minimum absolute atomic E-state index is 0.0176. The van der Waals surface area contributed by atoms with Crippen LogP contribution in [0.25, 0.3) is 0 Å². The van der Waals surface area contributed by atoms with Gasteiger partial charge in [0.25, 0.3) is 10.0 Å². The molecule has 0 saturated carbocycles. The predicted octanol–water partition coefficient (Wildman–Crippen LogP) is 6.36. The van der Waals surface area contributed by atoms with Crippen molar-refractivity contribution in [2.75, 3.05) is 7.11 Å². The zero-order chi connectivity index (χ0) is 23.6. The van der Waals surface area contributed by atoms with Gasteiger partial charge in [-0.15, -0.1) is 0 Å². The van der Waals surface area contributed by atoms with Crippen molar-refractivity contribution in [3.63, 3.8) is 0 Å². The van der Waals surface area contributed by atoms with Crippen molar-refractivity contribution in [3.8, 4) is 11.8 Å². The number of halogens is 1. The highest BCUT2D eigenvalue weighted by atomic mass is 35.5. The smallest absolute Gasteiger partial charge is 0.357 e. The number of benzene rings is 1. The van der Waals surface area contributed by atoms with Crippen LogP contribution in [-0.2, 0) is 14.8 Å². The number of hydrogen-bond acceptors (Lipinski definition) is 4. The second-order valence-corrected chi connectivity index (χ2v) is 10.0. The zero-order valence-corrected chi connectivity index (χ0v) is 20.7. The molecule has 1 heterocycles. The lowest BCUT2D eigenvalue weighted by Crippen LogP contribution is -2.18. The van der Waals surface area contributed by atoms with Crippen LogP contribution in [0.15, 0.2) is 35.4 Å². The van der Waals surface area contributed by atoms with Crippen molar-refractivity contribution in [1.82, 2.24) is 3.97 Å². The summed E-state index contributed by atoms with van der Waals surface area (Å²) in [5, 5.41) is -0.0176. The van der Waals surface area contributed by atoms with Gasteiger partial charge in [-0.1, -0.05) is 93.0 Å². The number of aromatic nitrogens is 1. The molecule has 1 aromatic carbocycles. The van der Waals surface area contributed by atoms with Crippen LogP contribution in [0, 0.1) is 18.8 Å². The van der Waals surface area contributed by atoms with E-state index in [0.717, 1.165) is 22.4 Å². The maximum absolute atomic E-state index is 13.1. The Balaban J connectivity index is 2.14. The highest BCUT2D eigenvalue weighted by Crippen LogP contribution is 2.28. The van der Waals surface area contributed by atoms with E-state index in [1.807, 2.05) is 6.92 Å². The Morgan fingerprint density at radius 3 is 2.22 bits per heavy atom. The fraction of sp³-hybridized carbons (Fsp3) is 0.480. The largest absolute Gasteiger partial charge is 0.464 e. The summed E-state index contributed by atoms with van der Waals surface area (Å²) in [5.74, 6) is 5.15. The van der Waals surface area contributed by atoms with E-state index in [-0.39, 0.29) is 15.6 Å². The fourth-order valence-corrected chi connectivity index (χ4v) is 5.02. The number of nitrogens with zero attached hydrogens (tertiary/aromatic N) is 1. The molecule has 0 bridgehead atoms. The van der Waals surface area contributed by atoms with E-state index in [1.165, 1.54) is 64.0 Å². The summed E-state index contributed by atoms with van der Waals surface area (Å²) >= 11 is 6.36. The Hall–Kier alpha value is -2.23. The zero-order valence-electron chi connectivity index (χ0n) is 19.1. The third-order valence-electron chi connectivity index (χ3n) is 5.25. The number of carbonyl (C=O) groups excluding carboxylic acids is 1. The maximum Gasteiger partial charge on any atom is 0.357 e. The number of rotatable bonds is 11. The monoisotopic (exact) mass is 477 g/mol. The summed E-state index contributed by atoms with van der Waals surface area (Å²) in [5.41, 5.74) is 0.976. The molecule has 2 rings (SSSR count). The van der Waals surface area contributed by atoms with Gasteiger partial charge in [-0.3, -0.25) is 0 Å². The Bertz CT molecular complexity index is 1060. The first-order valence-corrected chi connectivity index (χ1v) is 12.9. The molecule has 7 heteroatoms. The van der Waals surface area contributed by atoms with Crippen LogP contribution < -0.4 is 0 Å². The molecule has 32 heavy (non-hydrogen) atoms. The van der Waals surface area contributed by atoms with Gasteiger partial charge in [0, 0.05) is 12.6 Å². The maximum atomic E-state index is 13.1. The third-order valence-corrected chi connectivity index (χ3v) is 7.30. The molecular formula is C25H32ClNO4S. The summed E-state index contributed by atoms with van der Waals surface area (Å²) in [6.07, 6.45) is 11.7. The normalized spacial score (nSPS) is 11.1. The third kappa shape index (κ3) is 6.88. The lowest BCUT2D eigenvalue weighted by atomic mass is 10.1. The summed E-state index contributed by atoms with van der Waals surface area (Å²) in [6, 6.07) is 6.38. The van der Waals surface area contributed by atoms with Crippen LogP contribution in [-0.4, -0.2) is 25.5 Å². The second kappa shape index (κ2) is 12.7. The molecule has 0 unspecified atom stereocenters. The average Bonchev–Trinajstić information content (AvgIpc) is 3.11. The van der Waals surface area contributed by atoms with E-state index < -0.39 is 16.0 Å². The Morgan fingerprint density at radius 1 is 1.03 bits per heavy atom. The van der Waals surface area contributed by atoms with Crippen molar-refractivity contribution in [3.05, 3.63) is 52.3 Å². The molecule has 0 spiro atoms. The SMILES string of the molecule is CCCCCCCCCCC#Cc1cn(S(=O)(=O)c2ccc(C)cc2)c(C(=O)OC)c1Cl. The average molecular weight is 478 g/mol. The molecule has 0 fully saturated rings. The fourth-order valence-electron chi connectivity index (χ4n) is 3.34. The predicted molar refractivity (Wildman–Crippen MR) is 129 cm³/mol. The van der Waals surface area contributed by atoms with E-state index in [1.54, 1.807) is 12.1 Å². The summed E-state index contributed by atoms with van der Waals surface area (Å²) in [7, 11) is -2.85. The number of methoxy groups -OCH3 is 1. The Kier molecular flexibility index (Phi) is 10.3. The van der Waals surface area contributed by atoms with Gasteiger partial charge in [-0.25, -0.2) is 17.2 Å². The van der Waals surface area contributed by atoms with Gasteiger partial charge in [0.05, 0.1) is 22.6 Å². The Labute approximate surface area is 197 Å². The van der Waals surface area contributed by atoms with Gasteiger partial charge >= 0.3 is 5.97 Å². The molecule has 2 aromatic rings. The molecule has 0 amide bonds. The van der Waals surface area contributed by atoms with Crippen molar-refractivity contribution < 1.29 is 17.9 Å². The molecule has 0 N–H and O–H groups in total. The molecule has 174 valence electrons. The molecule has 0 radical (unpaired) electrons. The van der Waals surface area contributed by atoms with Gasteiger partial charge in [0.15, 0.2) is 5.69 Å². The van der Waals surface area contributed by atoms with E-state index in [9.17, 15) is 13.2 Å². The molecule has 0 saturated heterocycles. The minimum atomic E-state index is -4.03. The van der Waals surface area contributed by atoms with Crippen LogP contribution >= 0.6 is 11.6 Å². The lowest BCUT2D eigenvalue weighted by Gasteiger charge is -2.09. The van der Waals surface area contributed by atoms with Crippen molar-refractivity contribution in [2.24, 2.45) is 0 Å². The van der Waals surface area contributed by atoms with Gasteiger partial charge in [-0.2, -0.15) is 0 Å². The summed E-state index contributed by atoms with van der Waals surface area (Å²) in [6.45, 7) is 4.08. The van der Waals surface area contributed by atoms with E-state index in [4.69, 9.17) is 16.3 Å². The quantitative estimate of drug-likeness (QED) is 0.214. The topological polar surface area (TPSA) is 65.4 Å². The van der Waals surface area contributed by atoms with E-state index >= 15 is 0 Å². The molecule has 0 aliphatic rings. The molecule has 0 aliphatic heterocycles. The van der Waals surface area contributed by atoms with Crippen molar-refractivity contribution in [2.45, 2.75) is 76.5 Å². The first-order chi connectivity index (χ1) is 15.3. The van der Waals surface area contributed by atoms with Crippen LogP contribution in [0.1, 0.15) is 86.3 Å². The molecule has 5 nitrogen and oxygen atoms in total.